The van der Waals surface area contributed by atoms with Gasteiger partial charge in [-0.25, -0.2) is 0 Å². The highest BCUT2D eigenvalue weighted by Crippen LogP contribution is 2.58. The number of hydrogen-bond acceptors (Lipinski definition) is 2. The Balaban J connectivity index is 0.524. The van der Waals surface area contributed by atoms with Gasteiger partial charge in [0, 0.05) is 67.5 Å². The maximum Gasteiger partial charge on any atom is 0.0560 e. The summed E-state index contributed by atoms with van der Waals surface area (Å²) in [6.45, 7) is 28.4. The van der Waals surface area contributed by atoms with Gasteiger partial charge in [-0.1, -0.05) is 304 Å². The second-order valence-electron chi connectivity index (χ2n) is 36.8. The molecule has 570 valence electrons. The number of anilines is 4. The summed E-state index contributed by atoms with van der Waals surface area (Å²) >= 11 is 0. The molecule has 8 aliphatic carbocycles. The predicted octanol–water partition coefficient (Wildman–Crippen LogP) is 30.4. The highest BCUT2D eigenvalue weighted by atomic mass is 15.2. The van der Waals surface area contributed by atoms with Crippen LogP contribution in [0.2, 0.25) is 0 Å². The molecule has 0 saturated heterocycles. The molecule has 0 fully saturated rings. The smallest absolute Gasteiger partial charge is 0.0560 e. The van der Waals surface area contributed by atoms with Crippen molar-refractivity contribution in [2.24, 2.45) is 5.92 Å². The van der Waals surface area contributed by atoms with Crippen LogP contribution < -0.4 is 9.80 Å². The van der Waals surface area contributed by atoms with Crippen molar-refractivity contribution in [3.63, 3.8) is 0 Å². The van der Waals surface area contributed by atoms with Crippen LogP contribution in [0.15, 0.2) is 333 Å². The Bertz CT molecular complexity index is 6820. The van der Waals surface area contributed by atoms with Gasteiger partial charge in [0.1, 0.15) is 0 Å². The van der Waals surface area contributed by atoms with Crippen LogP contribution in [-0.2, 0) is 21.7 Å². The maximum absolute atomic E-state index is 2.61. The molecule has 0 heterocycles. The summed E-state index contributed by atoms with van der Waals surface area (Å²) in [6.07, 6.45) is 22.8. The second kappa shape index (κ2) is 26.3. The number of hydrogen-bond donors (Lipinski definition) is 0. The Morgan fingerprint density at radius 1 is 0.297 bits per heavy atom. The minimum absolute atomic E-state index is 0.0450. The molecule has 14 aromatic carbocycles. The van der Waals surface area contributed by atoms with Gasteiger partial charge in [-0.05, 0) is 314 Å². The first-order valence-electron chi connectivity index (χ1n) is 42.6. The van der Waals surface area contributed by atoms with Gasteiger partial charge in [0.25, 0.3) is 0 Å². The zero-order valence-corrected chi connectivity index (χ0v) is 69.6. The van der Waals surface area contributed by atoms with Crippen LogP contribution >= 0.6 is 0 Å². The first-order valence-corrected chi connectivity index (χ1v) is 42.6. The first kappa shape index (κ1) is 71.6. The van der Waals surface area contributed by atoms with Crippen LogP contribution in [0.3, 0.4) is 0 Å². The van der Waals surface area contributed by atoms with Gasteiger partial charge in [-0.15, -0.1) is 0 Å². The van der Waals surface area contributed by atoms with Crippen LogP contribution in [0, 0.1) is 33.6 Å². The summed E-state index contributed by atoms with van der Waals surface area (Å²) in [5.41, 5.74) is 53.2. The first-order chi connectivity index (χ1) is 57.1. The van der Waals surface area contributed by atoms with Gasteiger partial charge in [-0.2, -0.15) is 0 Å². The van der Waals surface area contributed by atoms with E-state index in [4.69, 9.17) is 0 Å². The highest BCUT2D eigenvalue weighted by molar-refractivity contribution is 5.94. The number of rotatable bonds is 12. The van der Waals surface area contributed by atoms with Gasteiger partial charge in [-0.3, -0.25) is 0 Å². The lowest BCUT2D eigenvalue weighted by molar-refractivity contribution is 0.654. The average molecular weight is 1520 g/mol. The van der Waals surface area contributed by atoms with Crippen LogP contribution in [0.25, 0.3) is 118 Å². The molecule has 0 N–H and O–H groups in total. The van der Waals surface area contributed by atoms with E-state index >= 15 is 0 Å². The lowest BCUT2D eigenvalue weighted by atomic mass is 9.68. The van der Waals surface area contributed by atoms with E-state index in [-0.39, 0.29) is 39.5 Å². The number of fused-ring (bicyclic) bond motifs is 12. The summed E-state index contributed by atoms with van der Waals surface area (Å²) in [4.78, 5) is 5.11. The molecule has 2 heteroatoms. The van der Waals surface area contributed by atoms with E-state index in [9.17, 15) is 0 Å². The molecule has 14 aromatic rings. The van der Waals surface area contributed by atoms with Crippen molar-refractivity contribution in [3.05, 3.63) is 422 Å². The Kier molecular flexibility index (Phi) is 16.0. The molecule has 2 nitrogen and oxygen atoms in total. The Labute approximate surface area is 696 Å². The third kappa shape index (κ3) is 10.8. The number of para-hydroxylation sites is 2. The van der Waals surface area contributed by atoms with Gasteiger partial charge < -0.3 is 9.80 Å². The summed E-state index contributed by atoms with van der Waals surface area (Å²) < 4.78 is 0. The monoisotopic (exact) mass is 1520 g/mol. The van der Waals surface area contributed by atoms with Gasteiger partial charge in [0.15, 0.2) is 0 Å². The zero-order chi connectivity index (χ0) is 80.2. The van der Waals surface area contributed by atoms with Gasteiger partial charge >= 0.3 is 0 Å². The minimum Gasteiger partial charge on any atom is -0.334 e. The quantitative estimate of drug-likeness (QED) is 0.120. The van der Waals surface area contributed by atoms with E-state index in [0.29, 0.717) is 0 Å². The maximum atomic E-state index is 2.61. The molecule has 3 atom stereocenters. The molecule has 0 amide bonds. The van der Waals surface area contributed by atoms with Crippen molar-refractivity contribution < 1.29 is 0 Å². The summed E-state index contributed by atoms with van der Waals surface area (Å²) in [6, 6.07) is 107. The normalized spacial score (nSPS) is 17.9. The van der Waals surface area contributed by atoms with E-state index in [2.05, 4.69) is 427 Å². The molecule has 0 saturated carbocycles. The molecule has 118 heavy (non-hydrogen) atoms. The predicted molar refractivity (Wildman–Crippen MR) is 499 cm³/mol. The Morgan fingerprint density at radius 3 is 1.13 bits per heavy atom. The molecule has 0 radical (unpaired) electrons. The van der Waals surface area contributed by atoms with Crippen molar-refractivity contribution >= 4 is 40.5 Å². The molecule has 0 spiro atoms. The minimum atomic E-state index is -0.172. The number of allylic oxidation sites excluding steroid dienone is 7. The Hall–Kier alpha value is -12.9. The van der Waals surface area contributed by atoms with E-state index in [1.807, 2.05) is 0 Å². The number of benzene rings is 14. The van der Waals surface area contributed by atoms with Crippen LogP contribution in [0.4, 0.5) is 22.7 Å². The van der Waals surface area contributed by atoms with Crippen molar-refractivity contribution in [1.29, 1.82) is 0 Å². The summed E-state index contributed by atoms with van der Waals surface area (Å²) in [5, 5.41) is 0. The van der Waals surface area contributed by atoms with Crippen molar-refractivity contribution in [1.82, 2.24) is 0 Å². The zero-order valence-electron chi connectivity index (χ0n) is 69.6. The third-order valence-electron chi connectivity index (χ3n) is 28.6. The molecule has 0 aliphatic heterocycles. The van der Waals surface area contributed by atoms with E-state index < -0.39 is 0 Å². The van der Waals surface area contributed by atoms with Crippen molar-refractivity contribution in [3.8, 4) is 100 Å². The standard InChI is InChI=1S/C116H96N2/c1-69-59-83(81-41-53-95-93-51-39-79(65-103(93)115(9,10)105(95)67-81)77-37-49-91-89-27-19-21-29-99(89)113(5,6)101(91)63-77)60-70(2)109(69)73-31-45-87(46-32-73)117(85-23-15-13-16-24-85)107-57-43-75-36-56-98-108(58-44-76-35-55-97(107)111(75)112(76)98)118(86-25-17-14-18-26-86)88-47-33-74(34-48-88)110-71(3)61-84(62-72(110)4)82-42-54-96-94-52-40-80(66-104(94)116(11,12)106(96)68-82)78-38-50-92-90-28-20-22-30-100(90)114(7,8)102(92)64-78/h13-47,49-68,75,88,111H,48H2,1-12H3. The van der Waals surface area contributed by atoms with Gasteiger partial charge in [0.05, 0.1) is 6.04 Å². The number of nitrogens with zero attached hydrogens (tertiary/aromatic N) is 2. The molecule has 22 rings (SSSR count). The lowest BCUT2D eigenvalue weighted by Crippen LogP contribution is -2.32. The van der Waals surface area contributed by atoms with Gasteiger partial charge in [0.2, 0.25) is 0 Å². The van der Waals surface area contributed by atoms with E-state index in [0.717, 1.165) is 17.8 Å². The fourth-order valence-electron chi connectivity index (χ4n) is 22.6. The van der Waals surface area contributed by atoms with Crippen molar-refractivity contribution in [2.75, 3.05) is 9.80 Å². The highest BCUT2D eigenvalue weighted by Gasteiger charge is 2.43. The number of aryl methyl sites for hydroxylation is 4. The third-order valence-corrected chi connectivity index (χ3v) is 28.6. The molecule has 8 aliphatic rings. The molecule has 0 aromatic heterocycles. The van der Waals surface area contributed by atoms with Crippen LogP contribution in [0.5, 0.6) is 0 Å². The lowest BCUT2D eigenvalue weighted by Gasteiger charge is -2.42. The fraction of sp³-hybridized carbons (Fsp3) is 0.172. The topological polar surface area (TPSA) is 6.48 Å². The summed E-state index contributed by atoms with van der Waals surface area (Å²) in [5.74, 6) is 0.336. The molecular formula is C116H96N2. The van der Waals surface area contributed by atoms with E-state index in [1.54, 1.807) is 0 Å². The van der Waals surface area contributed by atoms with Crippen LogP contribution in [0.1, 0.15) is 157 Å². The second-order valence-corrected chi connectivity index (χ2v) is 36.8. The largest absolute Gasteiger partial charge is 0.334 e. The molecule has 3 unspecified atom stereocenters. The van der Waals surface area contributed by atoms with Crippen molar-refractivity contribution in [2.45, 2.75) is 123 Å². The fourth-order valence-corrected chi connectivity index (χ4v) is 22.6. The Morgan fingerprint density at radius 2 is 0.678 bits per heavy atom. The molecular weight excluding hydrogens is 1420 g/mol. The van der Waals surface area contributed by atoms with Crippen LogP contribution in [-0.4, -0.2) is 6.04 Å². The molecule has 0 bridgehead atoms. The SMILES string of the molecule is Cc1cc(-c2ccc3c(c2)C(C)(C)c2cc(-c4ccc5c(c4)C(C)(C)c4ccccc4-5)ccc2-3)cc(C)c1C1=CCC(N(c2ccccc2)c2ccc3c4c2C=CC2C=CC(N(c5ccccc5)c5ccc(-c6c(C)cc(-c7ccc8c(c7)C(C)(C)c7cc(-c9ccc%10c(c9)C(C)(C)c9ccccc9-%10)ccc7-8)cc6C)cc5)=C(C=C3)C42)C=C1. The summed E-state index contributed by atoms with van der Waals surface area (Å²) in [7, 11) is 0. The average Bonchev–Trinajstić information content (AvgIpc) is 1.64. The van der Waals surface area contributed by atoms with E-state index in [1.165, 1.54) is 217 Å².